The van der Waals surface area contributed by atoms with Crippen LogP contribution in [-0.4, -0.2) is 70.4 Å². The highest BCUT2D eigenvalue weighted by Crippen LogP contribution is 2.43. The van der Waals surface area contributed by atoms with Gasteiger partial charge in [0, 0.05) is 68.0 Å². The van der Waals surface area contributed by atoms with Crippen molar-refractivity contribution in [2.24, 2.45) is 17.8 Å². The minimum Gasteiger partial charge on any atom is -0.493 e. The molecule has 4 atom stereocenters. The summed E-state index contributed by atoms with van der Waals surface area (Å²) in [4.78, 5) is 0. The van der Waals surface area contributed by atoms with Crippen LogP contribution in [0.3, 0.4) is 0 Å². The van der Waals surface area contributed by atoms with E-state index in [1.54, 1.807) is 20.3 Å². The number of rotatable bonds is 17. The summed E-state index contributed by atoms with van der Waals surface area (Å²) in [5.41, 5.74) is -0.206. The topological polar surface area (TPSA) is 92.2 Å². The Balaban J connectivity index is 0.000000226. The van der Waals surface area contributed by atoms with Crippen molar-refractivity contribution in [2.75, 3.05) is 60.2 Å². The highest BCUT2D eigenvalue weighted by atomic mass is 79.9. The standard InChI is InChI=1S/C23H37NO3.C17H25BrFNO2/c1-26-16-7-6-14-23(25,20-11-8-15-24-17-20)21-12-4-5-13-22(21)27-18-19-9-2-3-10-19;1-22-10-3-2-8-17(21,13-5-4-9-20-12-13)15-11-14(19)6-7-16(15)18/h4-5,12-13,19-20,24-25H,2-3,6-11,14-18H2,1H3;6-7,11,13,20-21H,2-5,8-10,12H2,1H3/t20-,23?;13-,17+/m11/s1. The summed E-state index contributed by atoms with van der Waals surface area (Å²) in [6.45, 7) is 5.89. The summed E-state index contributed by atoms with van der Waals surface area (Å²) in [5.74, 6) is 1.57. The Morgan fingerprint density at radius 1 is 0.755 bits per heavy atom. The van der Waals surface area contributed by atoms with E-state index in [0.717, 1.165) is 113 Å². The molecule has 1 saturated carbocycles. The van der Waals surface area contributed by atoms with E-state index in [-0.39, 0.29) is 17.7 Å². The number of nitrogens with one attached hydrogen (secondary N) is 2. The number of unbranched alkanes of at least 4 members (excludes halogenated alkanes) is 2. The summed E-state index contributed by atoms with van der Waals surface area (Å²) in [7, 11) is 3.42. The molecule has 2 aliphatic heterocycles. The van der Waals surface area contributed by atoms with Gasteiger partial charge < -0.3 is 35.1 Å². The van der Waals surface area contributed by atoms with Crippen molar-refractivity contribution in [3.63, 3.8) is 0 Å². The van der Waals surface area contributed by atoms with Gasteiger partial charge in [-0.1, -0.05) is 47.0 Å². The zero-order valence-corrected chi connectivity index (χ0v) is 31.6. The Kier molecular flexibility index (Phi) is 17.3. The molecule has 0 amide bonds. The lowest BCUT2D eigenvalue weighted by Gasteiger charge is -2.40. The van der Waals surface area contributed by atoms with Gasteiger partial charge in [-0.25, -0.2) is 4.39 Å². The molecule has 5 rings (SSSR count). The molecular formula is C40H62BrFN2O5. The second kappa shape index (κ2) is 21.1. The molecule has 0 spiro atoms. The third kappa shape index (κ3) is 11.7. The SMILES string of the molecule is COCCCCC(O)(c1ccccc1OCC1CCCC1)[C@@H]1CCCNC1.COCCCC[C@@](O)(c1cc(F)ccc1Br)[C@@H]1CCCNC1. The number of benzene rings is 2. The van der Waals surface area contributed by atoms with Crippen LogP contribution in [0.15, 0.2) is 46.9 Å². The summed E-state index contributed by atoms with van der Waals surface area (Å²) < 4.78 is 31.1. The molecule has 0 bridgehead atoms. The molecule has 1 unspecified atom stereocenters. The van der Waals surface area contributed by atoms with Gasteiger partial charge in [0.15, 0.2) is 0 Å². The second-order valence-electron chi connectivity index (χ2n) is 14.4. The molecule has 2 saturated heterocycles. The minimum absolute atomic E-state index is 0.0990. The molecular weight excluding hydrogens is 687 g/mol. The number of aliphatic hydroxyl groups is 2. The predicted octanol–water partition coefficient (Wildman–Crippen LogP) is 7.85. The van der Waals surface area contributed by atoms with Crippen LogP contribution in [0.2, 0.25) is 0 Å². The molecule has 2 aromatic rings. The van der Waals surface area contributed by atoms with Gasteiger partial charge >= 0.3 is 0 Å². The van der Waals surface area contributed by atoms with Gasteiger partial charge in [-0.05, 0) is 120 Å². The fourth-order valence-electron chi connectivity index (χ4n) is 8.08. The van der Waals surface area contributed by atoms with Gasteiger partial charge in [0.1, 0.15) is 11.6 Å². The second-order valence-corrected chi connectivity index (χ2v) is 15.3. The highest BCUT2D eigenvalue weighted by Gasteiger charge is 2.41. The summed E-state index contributed by atoms with van der Waals surface area (Å²) in [6, 6.07) is 12.7. The van der Waals surface area contributed by atoms with Gasteiger partial charge in [0.25, 0.3) is 0 Å². The van der Waals surface area contributed by atoms with E-state index in [2.05, 4.69) is 32.6 Å². The largest absolute Gasteiger partial charge is 0.493 e. The number of para-hydroxylation sites is 1. The number of piperidine rings is 2. The van der Waals surface area contributed by atoms with Crippen molar-refractivity contribution in [3.8, 4) is 5.75 Å². The van der Waals surface area contributed by atoms with E-state index < -0.39 is 11.2 Å². The normalized spacial score (nSPS) is 22.5. The van der Waals surface area contributed by atoms with Crippen molar-refractivity contribution in [1.29, 1.82) is 0 Å². The number of methoxy groups -OCH3 is 2. The van der Waals surface area contributed by atoms with Crippen molar-refractivity contribution in [3.05, 3.63) is 63.9 Å². The van der Waals surface area contributed by atoms with Crippen LogP contribution in [0.25, 0.3) is 0 Å². The number of hydrogen-bond donors (Lipinski definition) is 4. The fourth-order valence-corrected chi connectivity index (χ4v) is 8.67. The van der Waals surface area contributed by atoms with Crippen LogP contribution >= 0.6 is 15.9 Å². The van der Waals surface area contributed by atoms with Gasteiger partial charge in [-0.15, -0.1) is 0 Å². The first-order chi connectivity index (χ1) is 23.8. The van der Waals surface area contributed by atoms with E-state index in [1.807, 2.05) is 18.2 Å². The van der Waals surface area contributed by atoms with Gasteiger partial charge in [0.2, 0.25) is 0 Å². The third-order valence-electron chi connectivity index (χ3n) is 11.0. The maximum Gasteiger partial charge on any atom is 0.125 e. The Hall–Kier alpha value is -1.59. The number of hydrogen-bond acceptors (Lipinski definition) is 7. The Morgan fingerprint density at radius 2 is 1.33 bits per heavy atom. The van der Waals surface area contributed by atoms with Gasteiger partial charge in [0.05, 0.1) is 17.8 Å². The van der Waals surface area contributed by atoms with Crippen LogP contribution in [0.4, 0.5) is 4.39 Å². The molecule has 0 aromatic heterocycles. The maximum absolute atomic E-state index is 13.7. The molecule has 9 heteroatoms. The van der Waals surface area contributed by atoms with Crippen LogP contribution in [0, 0.1) is 23.6 Å². The molecule has 0 radical (unpaired) electrons. The molecule has 2 heterocycles. The highest BCUT2D eigenvalue weighted by molar-refractivity contribution is 9.10. The lowest BCUT2D eigenvalue weighted by molar-refractivity contribution is -0.0455. The average molecular weight is 750 g/mol. The lowest BCUT2D eigenvalue weighted by Crippen LogP contribution is -2.44. The first-order valence-corrected chi connectivity index (χ1v) is 19.6. The molecule has 49 heavy (non-hydrogen) atoms. The maximum atomic E-state index is 13.7. The van der Waals surface area contributed by atoms with Crippen molar-refractivity contribution in [1.82, 2.24) is 10.6 Å². The molecule has 3 aliphatic rings. The molecule has 1 aliphatic carbocycles. The summed E-state index contributed by atoms with van der Waals surface area (Å²) in [6.07, 6.45) is 14.4. The Morgan fingerprint density at radius 3 is 1.88 bits per heavy atom. The van der Waals surface area contributed by atoms with Crippen LogP contribution < -0.4 is 15.4 Å². The smallest absolute Gasteiger partial charge is 0.125 e. The number of halogens is 2. The summed E-state index contributed by atoms with van der Waals surface area (Å²) in [5, 5.41) is 30.2. The first kappa shape index (κ1) is 40.2. The molecule has 2 aromatic carbocycles. The Bertz CT molecular complexity index is 1220. The predicted molar refractivity (Wildman–Crippen MR) is 198 cm³/mol. The summed E-state index contributed by atoms with van der Waals surface area (Å²) >= 11 is 3.48. The van der Waals surface area contributed by atoms with E-state index >= 15 is 0 Å². The zero-order valence-electron chi connectivity index (χ0n) is 30.0. The average Bonchev–Trinajstić information content (AvgIpc) is 3.67. The third-order valence-corrected chi connectivity index (χ3v) is 11.6. The van der Waals surface area contributed by atoms with E-state index in [1.165, 1.54) is 37.8 Å². The zero-order chi connectivity index (χ0) is 35.0. The minimum atomic E-state index is -1.01. The van der Waals surface area contributed by atoms with E-state index in [9.17, 15) is 14.6 Å². The quantitative estimate of drug-likeness (QED) is 0.123. The molecule has 276 valence electrons. The van der Waals surface area contributed by atoms with E-state index in [4.69, 9.17) is 14.2 Å². The van der Waals surface area contributed by atoms with Crippen LogP contribution in [0.5, 0.6) is 5.75 Å². The van der Waals surface area contributed by atoms with E-state index in [0.29, 0.717) is 24.5 Å². The molecule has 3 fully saturated rings. The fraction of sp³-hybridized carbons (Fsp3) is 0.700. The van der Waals surface area contributed by atoms with Crippen molar-refractivity contribution >= 4 is 15.9 Å². The number of ether oxygens (including phenoxy) is 3. The molecule has 4 N–H and O–H groups in total. The van der Waals surface area contributed by atoms with Crippen molar-refractivity contribution < 1.29 is 28.8 Å². The van der Waals surface area contributed by atoms with Crippen molar-refractivity contribution in [2.45, 2.75) is 101 Å². The lowest BCUT2D eigenvalue weighted by atomic mass is 9.74. The monoisotopic (exact) mass is 748 g/mol. The molecule has 7 nitrogen and oxygen atoms in total. The van der Waals surface area contributed by atoms with Gasteiger partial charge in [-0.3, -0.25) is 0 Å². The van der Waals surface area contributed by atoms with Gasteiger partial charge in [-0.2, -0.15) is 0 Å². The van der Waals surface area contributed by atoms with Crippen LogP contribution in [-0.2, 0) is 20.7 Å². The Labute approximate surface area is 303 Å². The first-order valence-electron chi connectivity index (χ1n) is 18.8. The van der Waals surface area contributed by atoms with Crippen LogP contribution in [0.1, 0.15) is 101 Å².